The molecule has 1 aromatic heterocycles. The van der Waals surface area contributed by atoms with Crippen LogP contribution in [0.4, 0.5) is 0 Å². The maximum absolute atomic E-state index is 11.4. The van der Waals surface area contributed by atoms with Crippen LogP contribution in [0.25, 0.3) is 10.9 Å². The second kappa shape index (κ2) is 7.39. The number of primary sulfonamides is 1. The van der Waals surface area contributed by atoms with E-state index >= 15 is 0 Å². The Balaban J connectivity index is 1.93. The molecule has 0 saturated carbocycles. The monoisotopic (exact) mass is 357 g/mol. The number of hydrogen-bond donors (Lipinski definition) is 2. The van der Waals surface area contributed by atoms with E-state index in [0.717, 1.165) is 35.9 Å². The molecule has 3 rings (SSSR count). The van der Waals surface area contributed by atoms with Crippen molar-refractivity contribution in [3.63, 3.8) is 0 Å². The van der Waals surface area contributed by atoms with Crippen LogP contribution in [0.2, 0.25) is 0 Å². The van der Waals surface area contributed by atoms with E-state index in [1.54, 1.807) is 0 Å². The van der Waals surface area contributed by atoms with Gasteiger partial charge >= 0.3 is 0 Å². The van der Waals surface area contributed by atoms with Gasteiger partial charge < -0.3 is 10.3 Å². The zero-order valence-electron chi connectivity index (χ0n) is 14.1. The standard InChI is InChI=1S/C19H23N3O2S/c20-10-8-17-13-22(11-9-15-4-2-1-3-5-15)19-7-6-16(12-18(17)19)14-25(21,23)24/h1-7,12-13H,8-11,14,20H2,(H2,21,23,24). The summed E-state index contributed by atoms with van der Waals surface area (Å²) < 4.78 is 24.9. The number of aromatic nitrogens is 1. The van der Waals surface area contributed by atoms with Gasteiger partial charge in [-0.3, -0.25) is 0 Å². The minimum atomic E-state index is -3.54. The summed E-state index contributed by atoms with van der Waals surface area (Å²) in [7, 11) is -3.54. The van der Waals surface area contributed by atoms with Crippen molar-refractivity contribution in [2.75, 3.05) is 6.54 Å². The lowest BCUT2D eigenvalue weighted by molar-refractivity contribution is 0.597. The molecule has 3 aromatic rings. The molecular weight excluding hydrogens is 334 g/mol. The topological polar surface area (TPSA) is 91.1 Å². The number of sulfonamides is 1. The molecule has 25 heavy (non-hydrogen) atoms. The van der Waals surface area contributed by atoms with Gasteiger partial charge in [0.15, 0.2) is 0 Å². The zero-order valence-corrected chi connectivity index (χ0v) is 14.9. The molecule has 0 unspecified atom stereocenters. The Morgan fingerprint density at radius 1 is 0.960 bits per heavy atom. The molecule has 4 N–H and O–H groups in total. The molecule has 2 aromatic carbocycles. The summed E-state index contributed by atoms with van der Waals surface area (Å²) in [5.74, 6) is -0.153. The third kappa shape index (κ3) is 4.48. The Hall–Kier alpha value is -2.15. The van der Waals surface area contributed by atoms with Gasteiger partial charge in [-0.1, -0.05) is 36.4 Å². The summed E-state index contributed by atoms with van der Waals surface area (Å²) in [4.78, 5) is 0. The summed E-state index contributed by atoms with van der Waals surface area (Å²) in [6, 6.07) is 16.1. The average Bonchev–Trinajstić information content (AvgIpc) is 2.90. The van der Waals surface area contributed by atoms with Crippen molar-refractivity contribution in [3.8, 4) is 0 Å². The number of aryl methyl sites for hydroxylation is 2. The van der Waals surface area contributed by atoms with E-state index in [-0.39, 0.29) is 5.75 Å². The molecule has 1 heterocycles. The van der Waals surface area contributed by atoms with Crippen molar-refractivity contribution in [1.82, 2.24) is 4.57 Å². The fourth-order valence-electron chi connectivity index (χ4n) is 3.17. The predicted octanol–water partition coefficient (Wildman–Crippen LogP) is 2.17. The Morgan fingerprint density at radius 2 is 1.72 bits per heavy atom. The van der Waals surface area contributed by atoms with Gasteiger partial charge in [0.05, 0.1) is 5.75 Å². The minimum absolute atomic E-state index is 0.153. The molecule has 0 radical (unpaired) electrons. The van der Waals surface area contributed by atoms with Gasteiger partial charge in [-0.05, 0) is 48.2 Å². The van der Waals surface area contributed by atoms with Crippen LogP contribution in [0.5, 0.6) is 0 Å². The van der Waals surface area contributed by atoms with Crippen LogP contribution >= 0.6 is 0 Å². The lowest BCUT2D eigenvalue weighted by Gasteiger charge is -2.06. The van der Waals surface area contributed by atoms with Crippen LogP contribution in [-0.2, 0) is 35.2 Å². The first-order valence-electron chi connectivity index (χ1n) is 8.31. The summed E-state index contributed by atoms with van der Waals surface area (Å²) in [6.07, 6.45) is 3.82. The molecule has 0 aliphatic carbocycles. The zero-order chi connectivity index (χ0) is 17.9. The van der Waals surface area contributed by atoms with Crippen LogP contribution in [0.15, 0.2) is 54.7 Å². The van der Waals surface area contributed by atoms with Crippen LogP contribution in [-0.4, -0.2) is 19.5 Å². The maximum atomic E-state index is 11.4. The number of hydrogen-bond acceptors (Lipinski definition) is 3. The second-order valence-corrected chi connectivity index (χ2v) is 7.90. The largest absolute Gasteiger partial charge is 0.347 e. The fourth-order valence-corrected chi connectivity index (χ4v) is 3.82. The van der Waals surface area contributed by atoms with Gasteiger partial charge in [-0.2, -0.15) is 0 Å². The minimum Gasteiger partial charge on any atom is -0.347 e. The van der Waals surface area contributed by atoms with Gasteiger partial charge in [-0.15, -0.1) is 0 Å². The highest BCUT2D eigenvalue weighted by Gasteiger charge is 2.11. The van der Waals surface area contributed by atoms with E-state index < -0.39 is 10.0 Å². The number of fused-ring (bicyclic) bond motifs is 1. The molecule has 0 fully saturated rings. The quantitative estimate of drug-likeness (QED) is 0.679. The van der Waals surface area contributed by atoms with Gasteiger partial charge in [-0.25, -0.2) is 13.6 Å². The average molecular weight is 357 g/mol. The van der Waals surface area contributed by atoms with Crippen molar-refractivity contribution >= 4 is 20.9 Å². The Morgan fingerprint density at radius 3 is 2.40 bits per heavy atom. The molecule has 0 saturated heterocycles. The fraction of sp³-hybridized carbons (Fsp3) is 0.263. The Labute approximate surface area is 148 Å². The second-order valence-electron chi connectivity index (χ2n) is 6.28. The van der Waals surface area contributed by atoms with Crippen LogP contribution in [0.1, 0.15) is 16.7 Å². The van der Waals surface area contributed by atoms with Gasteiger partial charge in [0.2, 0.25) is 10.0 Å². The van der Waals surface area contributed by atoms with Crippen molar-refractivity contribution in [1.29, 1.82) is 0 Å². The van der Waals surface area contributed by atoms with Gasteiger partial charge in [0, 0.05) is 23.6 Å². The molecule has 0 amide bonds. The number of nitrogens with zero attached hydrogens (tertiary/aromatic N) is 1. The van der Waals surface area contributed by atoms with E-state index in [1.807, 2.05) is 36.4 Å². The molecule has 0 bridgehead atoms. The first-order valence-corrected chi connectivity index (χ1v) is 10.0. The van der Waals surface area contributed by atoms with E-state index in [4.69, 9.17) is 10.9 Å². The molecule has 0 aliphatic heterocycles. The van der Waals surface area contributed by atoms with Crippen molar-refractivity contribution in [3.05, 3.63) is 71.4 Å². The van der Waals surface area contributed by atoms with Crippen LogP contribution < -0.4 is 10.9 Å². The van der Waals surface area contributed by atoms with Gasteiger partial charge in [0.1, 0.15) is 0 Å². The lowest BCUT2D eigenvalue weighted by Crippen LogP contribution is -2.14. The first-order chi connectivity index (χ1) is 12.0. The summed E-state index contributed by atoms with van der Waals surface area (Å²) >= 11 is 0. The summed E-state index contributed by atoms with van der Waals surface area (Å²) in [5.41, 5.74) is 9.97. The number of rotatable bonds is 7. The molecule has 0 atom stereocenters. The highest BCUT2D eigenvalue weighted by molar-refractivity contribution is 7.88. The van der Waals surface area contributed by atoms with E-state index in [1.165, 1.54) is 5.56 Å². The van der Waals surface area contributed by atoms with Crippen molar-refractivity contribution in [2.45, 2.75) is 25.1 Å². The normalized spacial score (nSPS) is 11.9. The van der Waals surface area contributed by atoms with Crippen molar-refractivity contribution in [2.24, 2.45) is 10.9 Å². The molecule has 132 valence electrons. The van der Waals surface area contributed by atoms with Gasteiger partial charge in [0.25, 0.3) is 0 Å². The Kier molecular flexibility index (Phi) is 5.22. The SMILES string of the molecule is NCCc1cn(CCc2ccccc2)c2ccc(CS(N)(=O)=O)cc12. The highest BCUT2D eigenvalue weighted by Crippen LogP contribution is 2.24. The third-order valence-electron chi connectivity index (χ3n) is 4.29. The highest BCUT2D eigenvalue weighted by atomic mass is 32.2. The molecule has 6 heteroatoms. The molecule has 0 spiro atoms. The Bertz CT molecular complexity index is 963. The molecule has 5 nitrogen and oxygen atoms in total. The summed E-state index contributed by atoms with van der Waals surface area (Å²) in [6.45, 7) is 1.41. The molecule has 0 aliphatic rings. The van der Waals surface area contributed by atoms with E-state index in [0.29, 0.717) is 12.1 Å². The van der Waals surface area contributed by atoms with E-state index in [9.17, 15) is 8.42 Å². The maximum Gasteiger partial charge on any atom is 0.213 e. The van der Waals surface area contributed by atoms with Crippen molar-refractivity contribution < 1.29 is 8.42 Å². The van der Waals surface area contributed by atoms with Crippen LogP contribution in [0, 0.1) is 0 Å². The number of benzene rings is 2. The lowest BCUT2D eigenvalue weighted by atomic mass is 10.1. The van der Waals surface area contributed by atoms with E-state index in [2.05, 4.69) is 22.9 Å². The number of nitrogens with two attached hydrogens (primary N) is 2. The summed E-state index contributed by atoms with van der Waals surface area (Å²) in [5, 5.41) is 6.23. The smallest absolute Gasteiger partial charge is 0.213 e. The first kappa shape index (κ1) is 17.7. The third-order valence-corrected chi connectivity index (χ3v) is 5.03. The van der Waals surface area contributed by atoms with Crippen LogP contribution in [0.3, 0.4) is 0 Å². The predicted molar refractivity (Wildman–Crippen MR) is 102 cm³/mol. The molecular formula is C19H23N3O2S.